The molecule has 7 heterocycles. The van der Waals surface area contributed by atoms with E-state index in [2.05, 4.69) is 36.3 Å². The number of carbonyl (C=O) groups excluding carboxylic acids is 1. The van der Waals surface area contributed by atoms with Crippen LogP contribution in [0, 0.1) is 17.1 Å². The number of H-pyrrole nitrogens is 1. The Morgan fingerprint density at radius 1 is 1.11 bits per heavy atom. The highest BCUT2D eigenvalue weighted by atomic mass is 19.1. The molecular weight excluding hydrogens is 585 g/mol. The summed E-state index contributed by atoms with van der Waals surface area (Å²) in [6, 6.07) is 13.0. The second kappa shape index (κ2) is 12.3. The molecule has 3 fully saturated rings. The number of fused-ring (bicyclic) bond motifs is 3. The van der Waals surface area contributed by atoms with Gasteiger partial charge in [-0.15, -0.1) is 0 Å². The van der Waals surface area contributed by atoms with Gasteiger partial charge in [-0.3, -0.25) is 14.4 Å². The number of halogens is 1. The summed E-state index contributed by atoms with van der Waals surface area (Å²) in [6.07, 6.45) is 10.0. The van der Waals surface area contributed by atoms with Crippen molar-refractivity contribution in [2.75, 3.05) is 24.5 Å². The van der Waals surface area contributed by atoms with Gasteiger partial charge in [-0.1, -0.05) is 0 Å². The molecule has 0 aliphatic carbocycles. The Bertz CT molecular complexity index is 1930. The number of carbonyl (C=O) groups is 1. The molecule has 3 aliphatic rings. The molecule has 2 unspecified atom stereocenters. The zero-order valence-electron chi connectivity index (χ0n) is 25.4. The van der Waals surface area contributed by atoms with E-state index < -0.39 is 0 Å². The van der Waals surface area contributed by atoms with Crippen molar-refractivity contribution in [3.8, 4) is 34.2 Å². The number of anilines is 1. The molecule has 1 amide bonds. The number of piperazine rings is 1. The van der Waals surface area contributed by atoms with Gasteiger partial charge in [0.15, 0.2) is 0 Å². The molecule has 3 N–H and O–H groups in total. The van der Waals surface area contributed by atoms with Crippen LogP contribution in [0.2, 0.25) is 0 Å². The number of aryl methyl sites for hydroxylation is 1. The van der Waals surface area contributed by atoms with Crippen LogP contribution in [-0.4, -0.2) is 72.4 Å². The summed E-state index contributed by atoms with van der Waals surface area (Å²) in [5.41, 5.74) is 5.15. The molecule has 234 valence electrons. The standard InChI is InChI=1S/C34H34FN9O2/c1-21(45)37-8-2-3-9-43-17-25(16-40-43)30-12-29-33(24(13-36)15-39-34(29)41-30)22-4-7-32(38-14-22)42-19-27-11-28(20-42)44(27)18-23-10-26(35)5-6-31(23)46/h4-7,10,12,14-17,27-28,46H,2-3,8-9,11,18-20H2,1H3,(H,37,45)(H,39,41). The normalized spacial score (nSPS) is 17.5. The minimum atomic E-state index is -0.342. The number of nitriles is 1. The first kappa shape index (κ1) is 29.4. The van der Waals surface area contributed by atoms with Crippen molar-refractivity contribution in [1.82, 2.24) is 34.9 Å². The highest BCUT2D eigenvalue weighted by molar-refractivity contribution is 5.98. The number of aromatic hydroxyl groups is 1. The lowest BCUT2D eigenvalue weighted by Gasteiger charge is -2.56. The maximum Gasteiger partial charge on any atom is 0.216 e. The van der Waals surface area contributed by atoms with Crippen molar-refractivity contribution in [1.29, 1.82) is 5.26 Å². The number of nitrogens with one attached hydrogen (secondary N) is 2. The fourth-order valence-electron chi connectivity index (χ4n) is 6.65. The Morgan fingerprint density at radius 2 is 1.96 bits per heavy atom. The van der Waals surface area contributed by atoms with E-state index in [4.69, 9.17) is 4.98 Å². The molecule has 0 spiro atoms. The van der Waals surface area contributed by atoms with Crippen LogP contribution in [0.15, 0.2) is 61.2 Å². The van der Waals surface area contributed by atoms with Gasteiger partial charge >= 0.3 is 0 Å². The number of hydrogen-bond acceptors (Lipinski definition) is 8. The molecule has 3 aliphatic heterocycles. The summed E-state index contributed by atoms with van der Waals surface area (Å²) < 4.78 is 15.6. The highest BCUT2D eigenvalue weighted by Gasteiger charge is 2.45. The molecule has 12 heteroatoms. The van der Waals surface area contributed by atoms with E-state index in [-0.39, 0.29) is 17.5 Å². The molecule has 1 aromatic carbocycles. The van der Waals surface area contributed by atoms with Crippen molar-refractivity contribution >= 4 is 22.8 Å². The summed E-state index contributed by atoms with van der Waals surface area (Å²) in [5.74, 6) is 0.631. The Kier molecular flexibility index (Phi) is 7.84. The number of pyridine rings is 2. The minimum Gasteiger partial charge on any atom is -0.508 e. The average Bonchev–Trinajstić information content (AvgIpc) is 3.72. The second-order valence-corrected chi connectivity index (χ2v) is 12.1. The molecule has 11 nitrogen and oxygen atoms in total. The fourth-order valence-corrected chi connectivity index (χ4v) is 6.65. The molecule has 46 heavy (non-hydrogen) atoms. The second-order valence-electron chi connectivity index (χ2n) is 12.1. The summed E-state index contributed by atoms with van der Waals surface area (Å²) in [4.78, 5) is 28.4. The molecule has 5 aromatic rings. The van der Waals surface area contributed by atoms with Crippen molar-refractivity contribution in [2.45, 2.75) is 51.4 Å². The number of unbranched alkanes of at least 4 members (excludes halogenated alkanes) is 1. The number of hydrogen-bond donors (Lipinski definition) is 3. The van der Waals surface area contributed by atoms with E-state index in [1.807, 2.05) is 41.5 Å². The van der Waals surface area contributed by atoms with Crippen molar-refractivity contribution in [3.05, 3.63) is 78.1 Å². The molecule has 2 bridgehead atoms. The summed E-state index contributed by atoms with van der Waals surface area (Å²) in [5, 5.41) is 28.3. The van der Waals surface area contributed by atoms with E-state index in [0.717, 1.165) is 72.5 Å². The molecule has 2 atom stereocenters. The van der Waals surface area contributed by atoms with Crippen LogP contribution in [0.5, 0.6) is 5.75 Å². The quantitative estimate of drug-likeness (QED) is 0.193. The molecule has 3 saturated heterocycles. The van der Waals surface area contributed by atoms with Gasteiger partial charge in [-0.25, -0.2) is 14.4 Å². The predicted octanol–water partition coefficient (Wildman–Crippen LogP) is 4.58. The van der Waals surface area contributed by atoms with Gasteiger partial charge in [-0.05, 0) is 55.7 Å². The maximum absolute atomic E-state index is 13.8. The Hall–Kier alpha value is -5.28. The highest BCUT2D eigenvalue weighted by Crippen LogP contribution is 2.38. The van der Waals surface area contributed by atoms with Crippen molar-refractivity contribution in [2.24, 2.45) is 0 Å². The number of piperidine rings is 1. The summed E-state index contributed by atoms with van der Waals surface area (Å²) in [7, 11) is 0. The van der Waals surface area contributed by atoms with Gasteiger partial charge in [0.25, 0.3) is 0 Å². The number of aromatic nitrogens is 5. The third-order valence-electron chi connectivity index (χ3n) is 9.01. The first-order chi connectivity index (χ1) is 22.4. The van der Waals surface area contributed by atoms with Gasteiger partial charge in [-0.2, -0.15) is 10.4 Å². The number of phenolic OH excluding ortho intramolecular Hbond substituents is 1. The van der Waals surface area contributed by atoms with Gasteiger partial charge in [0.2, 0.25) is 5.91 Å². The Morgan fingerprint density at radius 3 is 2.72 bits per heavy atom. The van der Waals surface area contributed by atoms with Gasteiger partial charge in [0, 0.05) is 98.0 Å². The molecule has 8 rings (SSSR count). The van der Waals surface area contributed by atoms with Crippen LogP contribution >= 0.6 is 0 Å². The van der Waals surface area contributed by atoms with Crippen LogP contribution in [0.25, 0.3) is 33.4 Å². The number of nitrogens with zero attached hydrogens (tertiary/aromatic N) is 7. The maximum atomic E-state index is 13.8. The topological polar surface area (TPSA) is 139 Å². The fraction of sp³-hybridized carbons (Fsp3) is 0.324. The summed E-state index contributed by atoms with van der Waals surface area (Å²) in [6.45, 7) is 5.03. The third-order valence-corrected chi connectivity index (χ3v) is 9.01. The van der Waals surface area contributed by atoms with Crippen LogP contribution in [0.1, 0.15) is 37.3 Å². The van der Waals surface area contributed by atoms with E-state index in [0.29, 0.717) is 41.9 Å². The first-order valence-electron chi connectivity index (χ1n) is 15.5. The first-order valence-corrected chi connectivity index (χ1v) is 15.5. The van der Waals surface area contributed by atoms with E-state index in [9.17, 15) is 19.6 Å². The van der Waals surface area contributed by atoms with Crippen molar-refractivity contribution < 1.29 is 14.3 Å². The van der Waals surface area contributed by atoms with E-state index >= 15 is 0 Å². The molecule has 4 aromatic heterocycles. The number of rotatable bonds is 10. The molecular formula is C34H34FN9O2. The molecule has 0 saturated carbocycles. The Labute approximate surface area is 265 Å². The SMILES string of the molecule is CC(=O)NCCCCn1cc(-c2cc3c(-c4ccc(N5CC6CC(C5)N6Cc5cc(F)ccc5O)nc4)c(C#N)cnc3[nH]2)cn1. The van der Waals surface area contributed by atoms with Crippen molar-refractivity contribution in [3.63, 3.8) is 0 Å². The van der Waals surface area contributed by atoms with Gasteiger partial charge in [0.05, 0.1) is 17.5 Å². The lowest BCUT2D eigenvalue weighted by atomic mass is 9.86. The number of aromatic amines is 1. The number of amides is 1. The van der Waals surface area contributed by atoms with E-state index in [1.165, 1.54) is 25.1 Å². The smallest absolute Gasteiger partial charge is 0.216 e. The molecule has 0 radical (unpaired) electrons. The van der Waals surface area contributed by atoms with Gasteiger partial charge < -0.3 is 20.3 Å². The van der Waals surface area contributed by atoms with Gasteiger partial charge in [0.1, 0.15) is 29.1 Å². The lowest BCUT2D eigenvalue weighted by molar-refractivity contribution is -0.118. The number of phenols is 1. The van der Waals surface area contributed by atoms with E-state index in [1.54, 1.807) is 6.20 Å². The minimum absolute atomic E-state index is 0.0208. The monoisotopic (exact) mass is 619 g/mol. The van der Waals surface area contributed by atoms with Crippen LogP contribution < -0.4 is 10.2 Å². The Balaban J connectivity index is 1.06. The third kappa shape index (κ3) is 5.77. The zero-order chi connectivity index (χ0) is 31.8. The van der Waals surface area contributed by atoms with Crippen LogP contribution in [-0.2, 0) is 17.9 Å². The van der Waals surface area contributed by atoms with Crippen LogP contribution in [0.3, 0.4) is 0 Å². The lowest BCUT2D eigenvalue weighted by Crippen LogP contribution is -2.68. The largest absolute Gasteiger partial charge is 0.508 e. The predicted molar refractivity (Wildman–Crippen MR) is 171 cm³/mol. The number of benzene rings is 1. The van der Waals surface area contributed by atoms with Crippen LogP contribution in [0.4, 0.5) is 10.2 Å². The average molecular weight is 620 g/mol. The summed E-state index contributed by atoms with van der Waals surface area (Å²) >= 11 is 0. The zero-order valence-corrected chi connectivity index (χ0v) is 25.4.